The summed E-state index contributed by atoms with van der Waals surface area (Å²) in [6.45, 7) is 5.76. The van der Waals surface area contributed by atoms with Gasteiger partial charge in [-0.25, -0.2) is 0 Å². The van der Waals surface area contributed by atoms with Gasteiger partial charge in [0.2, 0.25) is 0 Å². The van der Waals surface area contributed by atoms with Crippen molar-refractivity contribution in [2.45, 2.75) is 18.9 Å². The summed E-state index contributed by atoms with van der Waals surface area (Å²) in [5.74, 6) is 0.815. The normalized spacial score (nSPS) is 33.2. The molecule has 0 aliphatic carbocycles. The van der Waals surface area contributed by atoms with Crippen LogP contribution >= 0.6 is 0 Å². The van der Waals surface area contributed by atoms with Crippen LogP contribution in [-0.2, 0) is 0 Å². The Bertz CT molecular complexity index is 139. The van der Waals surface area contributed by atoms with Crippen molar-refractivity contribution in [3.8, 4) is 0 Å². The molecule has 3 nitrogen and oxygen atoms in total. The average Bonchev–Trinajstić information content (AvgIpc) is 2.47. The summed E-state index contributed by atoms with van der Waals surface area (Å²) in [5, 5.41) is 3.41. The van der Waals surface area contributed by atoms with E-state index in [0.717, 1.165) is 12.5 Å². The molecule has 12 heavy (non-hydrogen) atoms. The van der Waals surface area contributed by atoms with Crippen LogP contribution in [0.3, 0.4) is 0 Å². The van der Waals surface area contributed by atoms with Crippen molar-refractivity contribution in [2.24, 2.45) is 11.7 Å². The lowest BCUT2D eigenvalue weighted by Crippen LogP contribution is -2.52. The highest BCUT2D eigenvalue weighted by atomic mass is 15.2. The second-order valence-corrected chi connectivity index (χ2v) is 3.95. The van der Waals surface area contributed by atoms with Crippen LogP contribution in [0, 0.1) is 5.92 Å². The minimum atomic E-state index is 0.661. The van der Waals surface area contributed by atoms with Gasteiger partial charge in [0, 0.05) is 12.6 Å². The molecule has 3 N–H and O–H groups in total. The number of nitrogens with two attached hydrogens (primary N) is 1. The van der Waals surface area contributed by atoms with Gasteiger partial charge < -0.3 is 11.1 Å². The number of nitrogens with zero attached hydrogens (tertiary/aromatic N) is 1. The third kappa shape index (κ3) is 1.49. The molecule has 3 heteroatoms. The molecule has 70 valence electrons. The minimum Gasteiger partial charge on any atom is -0.329 e. The van der Waals surface area contributed by atoms with Crippen molar-refractivity contribution in [1.82, 2.24) is 10.2 Å². The average molecular weight is 169 g/mol. The van der Waals surface area contributed by atoms with E-state index in [2.05, 4.69) is 10.2 Å². The zero-order chi connectivity index (χ0) is 8.39. The molecule has 0 aromatic rings. The maximum absolute atomic E-state index is 5.79. The number of rotatable bonds is 3. The van der Waals surface area contributed by atoms with Crippen LogP contribution in [-0.4, -0.2) is 43.7 Å². The van der Waals surface area contributed by atoms with Gasteiger partial charge in [-0.2, -0.15) is 0 Å². The second-order valence-electron chi connectivity index (χ2n) is 3.95. The summed E-state index contributed by atoms with van der Waals surface area (Å²) in [7, 11) is 0. The molecular formula is C9H19N3. The standard InChI is InChI=1S/C9H19N3/c10-6-9(12-4-1-5-12)8-2-3-11-7-8/h8-9,11H,1-7,10H2. The summed E-state index contributed by atoms with van der Waals surface area (Å²) < 4.78 is 0. The Morgan fingerprint density at radius 3 is 2.75 bits per heavy atom. The Hall–Kier alpha value is -0.120. The van der Waals surface area contributed by atoms with Crippen molar-refractivity contribution in [1.29, 1.82) is 0 Å². The third-order valence-corrected chi connectivity index (χ3v) is 3.24. The molecule has 2 saturated heterocycles. The zero-order valence-electron chi connectivity index (χ0n) is 7.63. The van der Waals surface area contributed by atoms with Gasteiger partial charge in [0.1, 0.15) is 0 Å². The molecule has 2 unspecified atom stereocenters. The van der Waals surface area contributed by atoms with Crippen LogP contribution in [0.2, 0.25) is 0 Å². The van der Waals surface area contributed by atoms with Gasteiger partial charge in [-0.15, -0.1) is 0 Å². The van der Waals surface area contributed by atoms with Gasteiger partial charge in [-0.05, 0) is 44.9 Å². The lowest BCUT2D eigenvalue weighted by molar-refractivity contribution is 0.0876. The van der Waals surface area contributed by atoms with Crippen LogP contribution in [0.1, 0.15) is 12.8 Å². The first-order valence-electron chi connectivity index (χ1n) is 5.06. The van der Waals surface area contributed by atoms with Gasteiger partial charge in [-0.1, -0.05) is 0 Å². The minimum absolute atomic E-state index is 0.661. The Balaban J connectivity index is 1.87. The van der Waals surface area contributed by atoms with Crippen molar-refractivity contribution in [2.75, 3.05) is 32.7 Å². The Kier molecular flexibility index (Phi) is 2.63. The zero-order valence-corrected chi connectivity index (χ0v) is 7.63. The maximum Gasteiger partial charge on any atom is 0.0259 e. The predicted molar refractivity (Wildman–Crippen MR) is 50.0 cm³/mol. The van der Waals surface area contributed by atoms with Crippen molar-refractivity contribution in [3.05, 3.63) is 0 Å². The molecule has 0 saturated carbocycles. The molecule has 2 atom stereocenters. The first-order chi connectivity index (χ1) is 5.92. The second kappa shape index (κ2) is 3.73. The maximum atomic E-state index is 5.79. The van der Waals surface area contributed by atoms with Crippen LogP contribution in [0.4, 0.5) is 0 Å². The quantitative estimate of drug-likeness (QED) is 0.605. The Labute approximate surface area is 74.3 Å². The van der Waals surface area contributed by atoms with Crippen molar-refractivity contribution in [3.63, 3.8) is 0 Å². The highest BCUT2D eigenvalue weighted by Gasteiger charge is 2.31. The molecule has 0 aromatic carbocycles. The molecule has 0 amide bonds. The Morgan fingerprint density at radius 1 is 1.50 bits per heavy atom. The predicted octanol–water partition coefficient (Wildman–Crippen LogP) is -0.371. The van der Waals surface area contributed by atoms with E-state index < -0.39 is 0 Å². The van der Waals surface area contributed by atoms with E-state index >= 15 is 0 Å². The fourth-order valence-corrected chi connectivity index (χ4v) is 2.32. The van der Waals surface area contributed by atoms with Gasteiger partial charge in [-0.3, -0.25) is 4.90 Å². The van der Waals surface area contributed by atoms with Crippen molar-refractivity contribution >= 4 is 0 Å². The first-order valence-corrected chi connectivity index (χ1v) is 5.06. The monoisotopic (exact) mass is 169 g/mol. The summed E-state index contributed by atoms with van der Waals surface area (Å²) in [5.41, 5.74) is 5.79. The molecule has 0 aromatic heterocycles. The molecule has 0 bridgehead atoms. The molecule has 2 rings (SSSR count). The fraction of sp³-hybridized carbons (Fsp3) is 1.00. The lowest BCUT2D eigenvalue weighted by atomic mass is 9.95. The summed E-state index contributed by atoms with van der Waals surface area (Å²) >= 11 is 0. The van der Waals surface area contributed by atoms with Crippen LogP contribution in [0.25, 0.3) is 0 Å². The number of nitrogens with one attached hydrogen (secondary N) is 1. The summed E-state index contributed by atoms with van der Waals surface area (Å²) in [6, 6.07) is 0.661. The topological polar surface area (TPSA) is 41.3 Å². The number of likely N-dealkylation sites (tertiary alicyclic amines) is 1. The van der Waals surface area contributed by atoms with E-state index in [0.29, 0.717) is 6.04 Å². The summed E-state index contributed by atoms with van der Waals surface area (Å²) in [6.07, 6.45) is 2.69. The van der Waals surface area contributed by atoms with E-state index in [1.54, 1.807) is 0 Å². The SMILES string of the molecule is NCC(C1CCNC1)N1CCC1. The molecule has 2 heterocycles. The smallest absolute Gasteiger partial charge is 0.0259 e. The van der Waals surface area contributed by atoms with Crippen LogP contribution in [0.5, 0.6) is 0 Å². The van der Waals surface area contributed by atoms with E-state index in [9.17, 15) is 0 Å². The fourth-order valence-electron chi connectivity index (χ4n) is 2.32. The van der Waals surface area contributed by atoms with Crippen molar-refractivity contribution < 1.29 is 0 Å². The number of hydrogen-bond acceptors (Lipinski definition) is 3. The van der Waals surface area contributed by atoms with Gasteiger partial charge in [0.25, 0.3) is 0 Å². The molecule has 2 fully saturated rings. The van der Waals surface area contributed by atoms with E-state index in [1.807, 2.05) is 0 Å². The third-order valence-electron chi connectivity index (χ3n) is 3.24. The lowest BCUT2D eigenvalue weighted by Gasteiger charge is -2.40. The van der Waals surface area contributed by atoms with E-state index in [1.165, 1.54) is 39.0 Å². The molecule has 0 radical (unpaired) electrons. The van der Waals surface area contributed by atoms with Gasteiger partial charge >= 0.3 is 0 Å². The molecular weight excluding hydrogens is 150 g/mol. The first kappa shape index (κ1) is 8.48. The summed E-state index contributed by atoms with van der Waals surface area (Å²) in [4.78, 5) is 2.54. The largest absolute Gasteiger partial charge is 0.329 e. The Morgan fingerprint density at radius 2 is 2.33 bits per heavy atom. The molecule has 2 aliphatic rings. The number of hydrogen-bond donors (Lipinski definition) is 2. The van der Waals surface area contributed by atoms with Crippen LogP contribution in [0.15, 0.2) is 0 Å². The molecule has 2 aliphatic heterocycles. The van der Waals surface area contributed by atoms with Gasteiger partial charge in [0.05, 0.1) is 0 Å². The van der Waals surface area contributed by atoms with E-state index in [-0.39, 0.29) is 0 Å². The molecule has 0 spiro atoms. The van der Waals surface area contributed by atoms with Crippen LogP contribution < -0.4 is 11.1 Å². The van der Waals surface area contributed by atoms with Gasteiger partial charge in [0.15, 0.2) is 0 Å². The van der Waals surface area contributed by atoms with E-state index in [4.69, 9.17) is 5.73 Å². The highest BCUT2D eigenvalue weighted by Crippen LogP contribution is 2.21. The highest BCUT2D eigenvalue weighted by molar-refractivity contribution is 4.88.